The first-order valence-corrected chi connectivity index (χ1v) is 7.54. The van der Waals surface area contributed by atoms with Crippen LogP contribution in [0.4, 0.5) is 0 Å². The first-order chi connectivity index (χ1) is 9.19. The number of nitrogens with zero attached hydrogens (tertiary/aromatic N) is 2. The van der Waals surface area contributed by atoms with Crippen molar-refractivity contribution in [2.45, 2.75) is 11.8 Å². The molecule has 0 fully saturated rings. The normalized spacial score (nSPS) is 11.1. The summed E-state index contributed by atoms with van der Waals surface area (Å²) >= 11 is 7.13. The Morgan fingerprint density at radius 2 is 2.16 bits per heavy atom. The van der Waals surface area contributed by atoms with Gasteiger partial charge in [0.05, 0.1) is 11.2 Å². The van der Waals surface area contributed by atoms with Crippen LogP contribution in [-0.2, 0) is 0 Å². The third kappa shape index (κ3) is 2.19. The molecule has 3 nitrogen and oxygen atoms in total. The van der Waals surface area contributed by atoms with Crippen LogP contribution in [0, 0.1) is 11.7 Å². The molecule has 0 atom stereocenters. The van der Waals surface area contributed by atoms with E-state index in [0.29, 0.717) is 4.77 Å². The van der Waals surface area contributed by atoms with Gasteiger partial charge in [-0.2, -0.15) is 0 Å². The number of aromatic nitrogens is 3. The van der Waals surface area contributed by atoms with Gasteiger partial charge in [-0.15, -0.1) is 11.8 Å². The molecule has 19 heavy (non-hydrogen) atoms. The van der Waals surface area contributed by atoms with Gasteiger partial charge in [-0.05, 0) is 55.2 Å². The van der Waals surface area contributed by atoms with Crippen molar-refractivity contribution in [1.82, 2.24) is 14.5 Å². The summed E-state index contributed by atoms with van der Waals surface area (Å²) in [5.41, 5.74) is 4.00. The van der Waals surface area contributed by atoms with Crippen LogP contribution in [0.1, 0.15) is 5.56 Å². The van der Waals surface area contributed by atoms with Crippen molar-refractivity contribution in [3.63, 3.8) is 0 Å². The first-order valence-electron chi connectivity index (χ1n) is 5.91. The lowest BCUT2D eigenvalue weighted by atomic mass is 10.3. The Hall–Kier alpha value is -1.59. The van der Waals surface area contributed by atoms with Gasteiger partial charge in [0, 0.05) is 11.1 Å². The minimum absolute atomic E-state index is 0.673. The average molecular weight is 287 g/mol. The first kappa shape index (κ1) is 12.4. The number of hydrogen-bond donors (Lipinski definition) is 1. The zero-order valence-electron chi connectivity index (χ0n) is 10.7. The fourth-order valence-corrected chi connectivity index (χ4v) is 2.84. The molecule has 0 radical (unpaired) electrons. The standard InChI is InChI=1S/C14H13N3S2/c1-9-6-12-13(15-8-9)17(14(18)16-12)10-4-3-5-11(7-10)19-2/h3-8H,1-2H3,(H,16,18). The quantitative estimate of drug-likeness (QED) is 0.569. The summed E-state index contributed by atoms with van der Waals surface area (Å²) in [4.78, 5) is 8.91. The lowest BCUT2D eigenvalue weighted by Gasteiger charge is -2.05. The van der Waals surface area contributed by atoms with E-state index in [9.17, 15) is 0 Å². The molecule has 1 N–H and O–H groups in total. The number of benzene rings is 1. The van der Waals surface area contributed by atoms with E-state index in [0.717, 1.165) is 22.4 Å². The number of fused-ring (bicyclic) bond motifs is 1. The van der Waals surface area contributed by atoms with Gasteiger partial charge in [-0.1, -0.05) is 6.07 Å². The fourth-order valence-electron chi connectivity index (χ4n) is 2.09. The van der Waals surface area contributed by atoms with Crippen LogP contribution < -0.4 is 0 Å². The Labute approximate surface area is 120 Å². The van der Waals surface area contributed by atoms with Crippen molar-refractivity contribution in [2.24, 2.45) is 0 Å². The highest BCUT2D eigenvalue weighted by Gasteiger charge is 2.08. The van der Waals surface area contributed by atoms with Gasteiger partial charge in [-0.3, -0.25) is 4.57 Å². The molecule has 2 heterocycles. The number of nitrogens with one attached hydrogen (secondary N) is 1. The predicted molar refractivity (Wildman–Crippen MR) is 82.8 cm³/mol. The summed E-state index contributed by atoms with van der Waals surface area (Å²) in [6, 6.07) is 10.4. The minimum atomic E-state index is 0.673. The number of aryl methyl sites for hydroxylation is 1. The van der Waals surface area contributed by atoms with E-state index >= 15 is 0 Å². The molecule has 0 aliphatic rings. The Morgan fingerprint density at radius 3 is 2.95 bits per heavy atom. The average Bonchev–Trinajstić information content (AvgIpc) is 2.73. The van der Waals surface area contributed by atoms with E-state index < -0.39 is 0 Å². The molecule has 0 aliphatic carbocycles. The Morgan fingerprint density at radius 1 is 1.32 bits per heavy atom. The van der Waals surface area contributed by atoms with Gasteiger partial charge < -0.3 is 4.98 Å². The Kier molecular flexibility index (Phi) is 3.16. The number of aromatic amines is 1. The number of imidazole rings is 1. The molecule has 5 heteroatoms. The number of H-pyrrole nitrogens is 1. The van der Waals surface area contributed by atoms with E-state index in [1.165, 1.54) is 4.90 Å². The van der Waals surface area contributed by atoms with Crippen molar-refractivity contribution in [1.29, 1.82) is 0 Å². The van der Waals surface area contributed by atoms with Gasteiger partial charge in [0.1, 0.15) is 0 Å². The van der Waals surface area contributed by atoms with Crippen LogP contribution >= 0.6 is 24.0 Å². The van der Waals surface area contributed by atoms with E-state index in [1.807, 2.05) is 29.8 Å². The number of hydrogen-bond acceptors (Lipinski definition) is 3. The highest BCUT2D eigenvalue weighted by atomic mass is 32.2. The molecule has 0 amide bonds. The van der Waals surface area contributed by atoms with Crippen molar-refractivity contribution in [3.8, 4) is 5.69 Å². The fraction of sp³-hybridized carbons (Fsp3) is 0.143. The maximum absolute atomic E-state index is 5.42. The highest BCUT2D eigenvalue weighted by molar-refractivity contribution is 7.98. The molecular weight excluding hydrogens is 274 g/mol. The Balaban J connectivity index is 2.29. The van der Waals surface area contributed by atoms with Crippen LogP contribution in [-0.4, -0.2) is 20.8 Å². The molecule has 3 rings (SSSR count). The SMILES string of the molecule is CSc1cccc(-n2c(=S)[nH]c3cc(C)cnc32)c1. The summed E-state index contributed by atoms with van der Waals surface area (Å²) in [7, 11) is 0. The van der Waals surface area contributed by atoms with Crippen LogP contribution in [0.15, 0.2) is 41.4 Å². The zero-order chi connectivity index (χ0) is 13.4. The number of thioether (sulfide) groups is 1. The molecule has 0 bridgehead atoms. The van der Waals surface area contributed by atoms with Crippen molar-refractivity contribution < 1.29 is 0 Å². The molecule has 96 valence electrons. The van der Waals surface area contributed by atoms with Gasteiger partial charge in [0.2, 0.25) is 0 Å². The maximum Gasteiger partial charge on any atom is 0.183 e. The minimum Gasteiger partial charge on any atom is -0.329 e. The summed E-state index contributed by atoms with van der Waals surface area (Å²) in [6.45, 7) is 2.02. The molecule has 0 saturated carbocycles. The second-order valence-electron chi connectivity index (χ2n) is 4.35. The van der Waals surface area contributed by atoms with Crippen LogP contribution in [0.5, 0.6) is 0 Å². The van der Waals surface area contributed by atoms with Crippen molar-refractivity contribution in [3.05, 3.63) is 46.9 Å². The molecule has 0 spiro atoms. The highest BCUT2D eigenvalue weighted by Crippen LogP contribution is 2.22. The van der Waals surface area contributed by atoms with Crippen LogP contribution in [0.3, 0.4) is 0 Å². The van der Waals surface area contributed by atoms with Crippen LogP contribution in [0.25, 0.3) is 16.9 Å². The van der Waals surface area contributed by atoms with Crippen LogP contribution in [0.2, 0.25) is 0 Å². The van der Waals surface area contributed by atoms with Crippen molar-refractivity contribution >= 4 is 35.1 Å². The monoisotopic (exact) mass is 287 g/mol. The topological polar surface area (TPSA) is 33.6 Å². The molecule has 0 aliphatic heterocycles. The van der Waals surface area contributed by atoms with E-state index in [1.54, 1.807) is 11.8 Å². The van der Waals surface area contributed by atoms with Crippen molar-refractivity contribution in [2.75, 3.05) is 6.26 Å². The molecular formula is C14H13N3S2. The lowest BCUT2D eigenvalue weighted by molar-refractivity contribution is 1.04. The van der Waals surface area contributed by atoms with Gasteiger partial charge >= 0.3 is 0 Å². The summed E-state index contributed by atoms with van der Waals surface area (Å²) in [6.07, 6.45) is 3.93. The molecule has 0 unspecified atom stereocenters. The third-order valence-electron chi connectivity index (χ3n) is 2.97. The molecule has 2 aromatic heterocycles. The second kappa shape index (κ2) is 4.83. The smallest absolute Gasteiger partial charge is 0.183 e. The zero-order valence-corrected chi connectivity index (χ0v) is 12.3. The molecule has 1 aromatic carbocycles. The lowest BCUT2D eigenvalue weighted by Crippen LogP contribution is -1.95. The molecule has 0 saturated heterocycles. The number of rotatable bonds is 2. The summed E-state index contributed by atoms with van der Waals surface area (Å²) < 4.78 is 2.65. The van der Waals surface area contributed by atoms with E-state index in [4.69, 9.17) is 12.2 Å². The van der Waals surface area contributed by atoms with E-state index in [2.05, 4.69) is 34.4 Å². The Bertz CT molecular complexity index is 802. The summed E-state index contributed by atoms with van der Waals surface area (Å²) in [5, 5.41) is 0. The maximum atomic E-state index is 5.42. The molecule has 3 aromatic rings. The van der Waals surface area contributed by atoms with Gasteiger partial charge in [0.25, 0.3) is 0 Å². The number of pyridine rings is 1. The largest absolute Gasteiger partial charge is 0.329 e. The van der Waals surface area contributed by atoms with E-state index in [-0.39, 0.29) is 0 Å². The van der Waals surface area contributed by atoms with Gasteiger partial charge in [-0.25, -0.2) is 4.98 Å². The second-order valence-corrected chi connectivity index (χ2v) is 5.62. The third-order valence-corrected chi connectivity index (χ3v) is 3.98. The van der Waals surface area contributed by atoms with Gasteiger partial charge in [0.15, 0.2) is 10.4 Å². The predicted octanol–water partition coefficient (Wildman–Crippen LogP) is 4.11. The summed E-state index contributed by atoms with van der Waals surface area (Å²) in [5.74, 6) is 0.